The third-order valence-electron chi connectivity index (χ3n) is 3.88. The molecule has 0 radical (unpaired) electrons. The van der Waals surface area contributed by atoms with Gasteiger partial charge in [-0.1, -0.05) is 18.2 Å². The Balaban J connectivity index is 1.74. The summed E-state index contributed by atoms with van der Waals surface area (Å²) < 4.78 is 23.4. The smallest absolute Gasteiger partial charge is 0.175 e. The van der Waals surface area contributed by atoms with Crippen LogP contribution in [-0.2, 0) is 16.4 Å². The molecule has 3 rings (SSSR count). The first-order valence-corrected chi connectivity index (χ1v) is 8.09. The highest BCUT2D eigenvalue weighted by atomic mass is 32.2. The van der Waals surface area contributed by atoms with Gasteiger partial charge in [0.05, 0.1) is 4.90 Å². The zero-order chi connectivity index (χ0) is 12.8. The molecule has 2 saturated heterocycles. The quantitative estimate of drug-likeness (QED) is 0.865. The van der Waals surface area contributed by atoms with E-state index in [1.54, 1.807) is 12.1 Å². The molecule has 0 unspecified atom stereocenters. The second-order valence-electron chi connectivity index (χ2n) is 5.63. The molecule has 5 heteroatoms. The number of benzene rings is 1. The molecule has 2 heterocycles. The van der Waals surface area contributed by atoms with Gasteiger partial charge in [0, 0.05) is 44.4 Å². The van der Waals surface area contributed by atoms with E-state index in [1.165, 1.54) is 6.26 Å². The third kappa shape index (κ3) is 2.06. The molecule has 0 aromatic heterocycles. The van der Waals surface area contributed by atoms with Gasteiger partial charge in [-0.3, -0.25) is 4.90 Å². The van der Waals surface area contributed by atoms with Crippen LogP contribution < -0.4 is 5.32 Å². The van der Waals surface area contributed by atoms with Crippen molar-refractivity contribution in [3.05, 3.63) is 29.8 Å². The predicted molar refractivity (Wildman–Crippen MR) is 70.1 cm³/mol. The number of sulfone groups is 1. The minimum Gasteiger partial charge on any atom is -0.315 e. The zero-order valence-corrected chi connectivity index (χ0v) is 11.3. The minimum absolute atomic E-state index is 0.470. The molecule has 98 valence electrons. The van der Waals surface area contributed by atoms with Crippen molar-refractivity contribution < 1.29 is 8.42 Å². The summed E-state index contributed by atoms with van der Waals surface area (Å²) in [6.45, 7) is 5.12. The summed E-state index contributed by atoms with van der Waals surface area (Å²) in [7, 11) is -3.12. The topological polar surface area (TPSA) is 49.4 Å². The number of rotatable bonds is 3. The van der Waals surface area contributed by atoms with Gasteiger partial charge in [-0.25, -0.2) is 8.42 Å². The average molecular weight is 266 g/mol. The van der Waals surface area contributed by atoms with Crippen LogP contribution >= 0.6 is 0 Å². The van der Waals surface area contributed by atoms with E-state index in [4.69, 9.17) is 0 Å². The predicted octanol–water partition coefficient (Wildman–Crippen LogP) is 0.495. The molecule has 18 heavy (non-hydrogen) atoms. The van der Waals surface area contributed by atoms with Gasteiger partial charge in [0.1, 0.15) is 0 Å². The standard InChI is InChI=1S/C13H18N2O2S/c1-18(16,17)12-5-3-2-4-11(12)6-15-9-13(10-15)7-14-8-13/h2-5,14H,6-10H2,1H3. The number of nitrogens with zero attached hydrogens (tertiary/aromatic N) is 1. The van der Waals surface area contributed by atoms with Gasteiger partial charge >= 0.3 is 0 Å². The largest absolute Gasteiger partial charge is 0.315 e. The lowest BCUT2D eigenvalue weighted by atomic mass is 9.74. The molecule has 1 aromatic carbocycles. The highest BCUT2D eigenvalue weighted by Gasteiger charge is 2.47. The SMILES string of the molecule is CS(=O)(=O)c1ccccc1CN1CC2(CNC2)C1. The molecule has 2 aliphatic rings. The maximum Gasteiger partial charge on any atom is 0.175 e. The first-order chi connectivity index (χ1) is 8.49. The van der Waals surface area contributed by atoms with Gasteiger partial charge in [0.25, 0.3) is 0 Å². The molecule has 0 amide bonds. The second-order valence-corrected chi connectivity index (χ2v) is 7.61. The van der Waals surface area contributed by atoms with E-state index in [0.717, 1.165) is 38.3 Å². The number of nitrogens with one attached hydrogen (secondary N) is 1. The summed E-state index contributed by atoms with van der Waals surface area (Å²) in [5.41, 5.74) is 1.40. The Bertz CT molecular complexity index is 556. The minimum atomic E-state index is -3.12. The van der Waals surface area contributed by atoms with Crippen molar-refractivity contribution in [2.45, 2.75) is 11.4 Å². The third-order valence-corrected chi connectivity index (χ3v) is 5.08. The Morgan fingerprint density at radius 3 is 2.50 bits per heavy atom. The maximum atomic E-state index is 11.7. The van der Waals surface area contributed by atoms with E-state index in [9.17, 15) is 8.42 Å². The summed E-state index contributed by atoms with van der Waals surface area (Å²) in [5.74, 6) is 0. The lowest BCUT2D eigenvalue weighted by Gasteiger charge is -2.56. The Hall–Kier alpha value is -0.910. The monoisotopic (exact) mass is 266 g/mol. The van der Waals surface area contributed by atoms with Gasteiger partial charge < -0.3 is 5.32 Å². The molecular formula is C13H18N2O2S. The molecule has 2 fully saturated rings. The van der Waals surface area contributed by atoms with Crippen LogP contribution in [0.15, 0.2) is 29.2 Å². The summed E-state index contributed by atoms with van der Waals surface area (Å²) in [6, 6.07) is 7.31. The Morgan fingerprint density at radius 2 is 1.94 bits per heavy atom. The highest BCUT2D eigenvalue weighted by molar-refractivity contribution is 7.90. The summed E-state index contributed by atoms with van der Waals surface area (Å²) in [5, 5.41) is 3.30. The molecule has 0 bridgehead atoms. The lowest BCUT2D eigenvalue weighted by Crippen LogP contribution is -2.70. The molecule has 1 aromatic rings. The molecule has 0 aliphatic carbocycles. The second kappa shape index (κ2) is 4.05. The lowest BCUT2D eigenvalue weighted by molar-refractivity contribution is -0.0448. The Kier molecular flexibility index (Phi) is 2.73. The number of hydrogen-bond acceptors (Lipinski definition) is 4. The fourth-order valence-electron chi connectivity index (χ4n) is 2.95. The highest BCUT2D eigenvalue weighted by Crippen LogP contribution is 2.35. The van der Waals surface area contributed by atoms with Crippen molar-refractivity contribution in [3.63, 3.8) is 0 Å². The van der Waals surface area contributed by atoms with Crippen LogP contribution in [0.25, 0.3) is 0 Å². The van der Waals surface area contributed by atoms with Gasteiger partial charge in [-0.2, -0.15) is 0 Å². The van der Waals surface area contributed by atoms with Gasteiger partial charge in [-0.15, -0.1) is 0 Å². The van der Waals surface area contributed by atoms with Crippen LogP contribution in [0.1, 0.15) is 5.56 Å². The summed E-state index contributed by atoms with van der Waals surface area (Å²) >= 11 is 0. The van der Waals surface area contributed by atoms with Crippen LogP contribution in [0.5, 0.6) is 0 Å². The molecule has 1 N–H and O–H groups in total. The molecule has 2 aliphatic heterocycles. The van der Waals surface area contributed by atoms with E-state index in [-0.39, 0.29) is 0 Å². The first kappa shape index (κ1) is 12.1. The van der Waals surface area contributed by atoms with Crippen molar-refractivity contribution >= 4 is 9.84 Å². The Labute approximate surface area is 108 Å². The number of likely N-dealkylation sites (tertiary alicyclic amines) is 1. The fraction of sp³-hybridized carbons (Fsp3) is 0.538. The van der Waals surface area contributed by atoms with Crippen molar-refractivity contribution in [1.29, 1.82) is 0 Å². The van der Waals surface area contributed by atoms with Gasteiger partial charge in [-0.05, 0) is 11.6 Å². The average Bonchev–Trinajstić information content (AvgIpc) is 2.19. The van der Waals surface area contributed by atoms with Crippen molar-refractivity contribution in [1.82, 2.24) is 10.2 Å². The maximum absolute atomic E-state index is 11.7. The normalized spacial score (nSPS) is 22.5. The van der Waals surface area contributed by atoms with Crippen LogP contribution in [0.4, 0.5) is 0 Å². The van der Waals surface area contributed by atoms with E-state index >= 15 is 0 Å². The van der Waals surface area contributed by atoms with Crippen LogP contribution in [-0.4, -0.2) is 45.8 Å². The van der Waals surface area contributed by atoms with Crippen molar-refractivity contribution in [2.75, 3.05) is 32.4 Å². The van der Waals surface area contributed by atoms with Gasteiger partial charge in [0.2, 0.25) is 0 Å². The summed E-state index contributed by atoms with van der Waals surface area (Å²) in [4.78, 5) is 2.79. The van der Waals surface area contributed by atoms with E-state index in [1.807, 2.05) is 12.1 Å². The van der Waals surface area contributed by atoms with E-state index in [2.05, 4.69) is 10.2 Å². The molecule has 0 atom stereocenters. The van der Waals surface area contributed by atoms with Crippen LogP contribution in [0.3, 0.4) is 0 Å². The molecule has 4 nitrogen and oxygen atoms in total. The van der Waals surface area contributed by atoms with Crippen molar-refractivity contribution in [2.24, 2.45) is 5.41 Å². The molecule has 1 spiro atoms. The fourth-order valence-corrected chi connectivity index (χ4v) is 3.89. The van der Waals surface area contributed by atoms with Crippen LogP contribution in [0, 0.1) is 5.41 Å². The van der Waals surface area contributed by atoms with Crippen molar-refractivity contribution in [3.8, 4) is 0 Å². The molecular weight excluding hydrogens is 248 g/mol. The first-order valence-electron chi connectivity index (χ1n) is 6.20. The van der Waals surface area contributed by atoms with E-state index in [0.29, 0.717) is 10.3 Å². The summed E-state index contributed by atoms with van der Waals surface area (Å²) in [6.07, 6.45) is 1.28. The van der Waals surface area contributed by atoms with Crippen LogP contribution in [0.2, 0.25) is 0 Å². The zero-order valence-electron chi connectivity index (χ0n) is 10.5. The number of hydrogen-bond donors (Lipinski definition) is 1. The van der Waals surface area contributed by atoms with E-state index < -0.39 is 9.84 Å². The van der Waals surface area contributed by atoms with Gasteiger partial charge in [0.15, 0.2) is 9.84 Å². The Morgan fingerprint density at radius 1 is 1.28 bits per heavy atom. The molecule has 0 saturated carbocycles.